The zero-order valence-corrected chi connectivity index (χ0v) is 13.8. The van der Waals surface area contributed by atoms with Gasteiger partial charge in [0, 0.05) is 0 Å². The molecule has 0 radical (unpaired) electrons. The molecule has 0 rings (SSSR count). The molecule has 106 valence electrons. The van der Waals surface area contributed by atoms with E-state index in [0.29, 0.717) is 5.92 Å². The molecular formula is C18H34. The summed E-state index contributed by atoms with van der Waals surface area (Å²) in [5.41, 5.74) is 1.41. The minimum Gasteiger partial charge on any atom is -0.0877 e. The van der Waals surface area contributed by atoms with Crippen molar-refractivity contribution in [1.29, 1.82) is 0 Å². The molecule has 0 unspecified atom stereocenters. The van der Waals surface area contributed by atoms with Gasteiger partial charge in [-0.15, -0.1) is 0 Å². The zero-order valence-electron chi connectivity index (χ0n) is 13.8. The van der Waals surface area contributed by atoms with Crippen LogP contribution in [0.4, 0.5) is 0 Å². The molecule has 0 aliphatic carbocycles. The third-order valence-corrected chi connectivity index (χ3v) is 1.86. The SMILES string of the molecule is CC=CC(=CC)C(C)C.CC=CC=CC.CCC. The molecule has 0 heterocycles. The summed E-state index contributed by atoms with van der Waals surface area (Å²) in [6, 6.07) is 0. The summed E-state index contributed by atoms with van der Waals surface area (Å²) in [6.07, 6.45) is 15.6. The van der Waals surface area contributed by atoms with E-state index in [4.69, 9.17) is 0 Å². The van der Waals surface area contributed by atoms with Gasteiger partial charge in [-0.2, -0.15) is 0 Å². The molecule has 0 N–H and O–H groups in total. The number of rotatable bonds is 3. The van der Waals surface area contributed by atoms with Gasteiger partial charge in [0.15, 0.2) is 0 Å². The molecule has 0 atom stereocenters. The quantitative estimate of drug-likeness (QED) is 0.488. The molecule has 18 heavy (non-hydrogen) atoms. The van der Waals surface area contributed by atoms with Crippen molar-refractivity contribution in [2.45, 2.75) is 61.8 Å². The maximum Gasteiger partial charge on any atom is -0.0222 e. The highest BCUT2D eigenvalue weighted by Gasteiger charge is 1.94. The van der Waals surface area contributed by atoms with Crippen molar-refractivity contribution in [1.82, 2.24) is 0 Å². The van der Waals surface area contributed by atoms with Gasteiger partial charge in [-0.05, 0) is 33.6 Å². The third kappa shape index (κ3) is 24.3. The zero-order chi connectivity index (χ0) is 14.8. The van der Waals surface area contributed by atoms with Crippen molar-refractivity contribution in [2.24, 2.45) is 5.92 Å². The molecule has 0 aromatic heterocycles. The first kappa shape index (κ1) is 22.2. The van der Waals surface area contributed by atoms with Gasteiger partial charge in [0.25, 0.3) is 0 Å². The highest BCUT2D eigenvalue weighted by atomic mass is 14.0. The first-order valence-corrected chi connectivity index (χ1v) is 7.08. The molecule has 0 heteroatoms. The second-order valence-corrected chi connectivity index (χ2v) is 4.20. The Morgan fingerprint density at radius 1 is 0.833 bits per heavy atom. The van der Waals surface area contributed by atoms with Crippen LogP contribution >= 0.6 is 0 Å². The lowest BCUT2D eigenvalue weighted by atomic mass is 10.0. The second kappa shape index (κ2) is 21.3. The van der Waals surface area contributed by atoms with Crippen LogP contribution in [0, 0.1) is 5.92 Å². The van der Waals surface area contributed by atoms with Crippen molar-refractivity contribution in [2.75, 3.05) is 0 Å². The lowest BCUT2D eigenvalue weighted by Gasteiger charge is -2.03. The Morgan fingerprint density at radius 2 is 1.22 bits per heavy atom. The van der Waals surface area contributed by atoms with E-state index in [2.05, 4.69) is 52.8 Å². The first-order chi connectivity index (χ1) is 8.55. The predicted octanol–water partition coefficient (Wildman–Crippen LogP) is 6.72. The average Bonchev–Trinajstić information content (AvgIpc) is 2.34. The fourth-order valence-electron chi connectivity index (χ4n) is 1.04. The van der Waals surface area contributed by atoms with E-state index >= 15 is 0 Å². The number of hydrogen-bond acceptors (Lipinski definition) is 0. The van der Waals surface area contributed by atoms with Gasteiger partial charge in [-0.1, -0.05) is 82.2 Å². The molecule has 0 spiro atoms. The van der Waals surface area contributed by atoms with Gasteiger partial charge in [0.05, 0.1) is 0 Å². The summed E-state index contributed by atoms with van der Waals surface area (Å²) < 4.78 is 0. The maximum absolute atomic E-state index is 2.20. The van der Waals surface area contributed by atoms with Gasteiger partial charge in [0.2, 0.25) is 0 Å². The van der Waals surface area contributed by atoms with Crippen molar-refractivity contribution < 1.29 is 0 Å². The smallest absolute Gasteiger partial charge is 0.0222 e. The lowest BCUT2D eigenvalue weighted by Crippen LogP contribution is -1.88. The van der Waals surface area contributed by atoms with Gasteiger partial charge in [-0.3, -0.25) is 0 Å². The molecule has 0 saturated heterocycles. The average molecular weight is 250 g/mol. The highest BCUT2D eigenvalue weighted by Crippen LogP contribution is 2.09. The Labute approximate surface area is 116 Å². The number of allylic oxidation sites excluding steroid dienone is 8. The van der Waals surface area contributed by atoms with Crippen LogP contribution in [0.3, 0.4) is 0 Å². The van der Waals surface area contributed by atoms with Gasteiger partial charge < -0.3 is 0 Å². The van der Waals surface area contributed by atoms with Crippen LogP contribution < -0.4 is 0 Å². The maximum atomic E-state index is 2.20. The Hall–Kier alpha value is -1.04. The van der Waals surface area contributed by atoms with Crippen molar-refractivity contribution in [3.8, 4) is 0 Å². The summed E-state index contributed by atoms with van der Waals surface area (Å²) in [5, 5.41) is 0. The Morgan fingerprint density at radius 3 is 1.33 bits per heavy atom. The summed E-state index contributed by atoms with van der Waals surface area (Å²) in [7, 11) is 0. The van der Waals surface area contributed by atoms with Gasteiger partial charge in [-0.25, -0.2) is 0 Å². The Kier molecular flexibility index (Phi) is 26.2. The number of hydrogen-bond donors (Lipinski definition) is 0. The van der Waals surface area contributed by atoms with E-state index in [0.717, 1.165) is 0 Å². The van der Waals surface area contributed by atoms with Crippen LogP contribution in [0.25, 0.3) is 0 Å². The largest absolute Gasteiger partial charge is 0.0877 e. The molecular weight excluding hydrogens is 216 g/mol. The normalized spacial score (nSPS) is 11.7. The van der Waals surface area contributed by atoms with Crippen LogP contribution in [0.1, 0.15) is 61.8 Å². The van der Waals surface area contributed by atoms with Crippen molar-refractivity contribution in [3.63, 3.8) is 0 Å². The molecule has 0 aromatic carbocycles. The van der Waals surface area contributed by atoms with Gasteiger partial charge in [0.1, 0.15) is 0 Å². The fourth-order valence-corrected chi connectivity index (χ4v) is 1.04. The van der Waals surface area contributed by atoms with E-state index in [9.17, 15) is 0 Å². The Bertz CT molecular complexity index is 227. The highest BCUT2D eigenvalue weighted by molar-refractivity contribution is 5.18. The predicted molar refractivity (Wildman–Crippen MR) is 89.0 cm³/mol. The molecule has 0 amide bonds. The van der Waals surface area contributed by atoms with Crippen LogP contribution in [0.5, 0.6) is 0 Å². The molecule has 0 bridgehead atoms. The van der Waals surface area contributed by atoms with E-state index < -0.39 is 0 Å². The summed E-state index contributed by atoms with van der Waals surface area (Å²) in [5.74, 6) is 0.659. The molecule has 0 aliphatic rings. The van der Waals surface area contributed by atoms with E-state index in [1.165, 1.54) is 12.0 Å². The van der Waals surface area contributed by atoms with E-state index in [1.807, 2.05) is 45.1 Å². The summed E-state index contributed by atoms with van der Waals surface area (Å²) in [6.45, 7) is 16.8. The van der Waals surface area contributed by atoms with E-state index in [-0.39, 0.29) is 0 Å². The third-order valence-electron chi connectivity index (χ3n) is 1.86. The standard InChI is InChI=1S/C9H16.C6H10.C3H8/c1-5-7-9(6-2)8(3)4;1-3-5-6-4-2;1-3-2/h5-8H,1-4H3;3-6H,1-2H3;3H2,1-2H3. The summed E-state index contributed by atoms with van der Waals surface area (Å²) in [4.78, 5) is 0. The molecule has 0 nitrogen and oxygen atoms in total. The molecule has 0 aromatic rings. The van der Waals surface area contributed by atoms with Crippen LogP contribution in [-0.2, 0) is 0 Å². The van der Waals surface area contributed by atoms with Crippen molar-refractivity contribution >= 4 is 0 Å². The molecule has 0 aliphatic heterocycles. The van der Waals surface area contributed by atoms with Gasteiger partial charge >= 0.3 is 0 Å². The minimum atomic E-state index is 0.659. The molecule has 0 fully saturated rings. The monoisotopic (exact) mass is 250 g/mol. The van der Waals surface area contributed by atoms with Crippen molar-refractivity contribution in [3.05, 3.63) is 48.1 Å². The minimum absolute atomic E-state index is 0.659. The van der Waals surface area contributed by atoms with E-state index in [1.54, 1.807) is 0 Å². The fraction of sp³-hybridized carbons (Fsp3) is 0.556. The second-order valence-electron chi connectivity index (χ2n) is 4.20. The first-order valence-electron chi connectivity index (χ1n) is 7.08. The van der Waals surface area contributed by atoms with Crippen LogP contribution in [-0.4, -0.2) is 0 Å². The molecule has 0 saturated carbocycles. The lowest BCUT2D eigenvalue weighted by molar-refractivity contribution is 0.789. The summed E-state index contributed by atoms with van der Waals surface area (Å²) >= 11 is 0. The van der Waals surface area contributed by atoms with Crippen LogP contribution in [0.15, 0.2) is 48.1 Å². The Balaban J connectivity index is -0.000000216. The topological polar surface area (TPSA) is 0 Å². The van der Waals surface area contributed by atoms with Crippen LogP contribution in [0.2, 0.25) is 0 Å².